The Hall–Kier alpha value is -2.87. The molecule has 154 valence electrons. The van der Waals surface area contributed by atoms with Crippen LogP contribution in [0, 0.1) is 6.92 Å². The standard InChI is InChI=1S/C21H25N3O4S/c1-15-16(10-8-12-18(15)23-29(2,27)28)20(25)22-19-11-5-4-9-17(19)21(26)24-13-6-3-7-14-24/h4-5,8-12,23H,3,6-7,13-14H2,1-2H3,(H,22,25). The van der Waals surface area contributed by atoms with Crippen molar-refractivity contribution in [2.45, 2.75) is 26.2 Å². The van der Waals surface area contributed by atoms with Crippen molar-refractivity contribution in [3.63, 3.8) is 0 Å². The maximum Gasteiger partial charge on any atom is 0.256 e. The minimum atomic E-state index is -3.46. The molecule has 1 aliphatic heterocycles. The summed E-state index contributed by atoms with van der Waals surface area (Å²) in [5, 5.41) is 2.81. The Morgan fingerprint density at radius 2 is 1.52 bits per heavy atom. The molecule has 1 saturated heterocycles. The summed E-state index contributed by atoms with van der Waals surface area (Å²) in [6, 6.07) is 11.8. The summed E-state index contributed by atoms with van der Waals surface area (Å²) < 4.78 is 25.5. The second kappa shape index (κ2) is 8.65. The smallest absolute Gasteiger partial charge is 0.256 e. The molecule has 2 aromatic rings. The van der Waals surface area contributed by atoms with E-state index < -0.39 is 15.9 Å². The Bertz CT molecular complexity index is 1030. The van der Waals surface area contributed by atoms with E-state index in [-0.39, 0.29) is 5.91 Å². The molecule has 2 amide bonds. The number of piperidine rings is 1. The molecule has 3 rings (SSSR count). The molecule has 1 aliphatic rings. The number of rotatable bonds is 5. The number of hydrogen-bond donors (Lipinski definition) is 2. The molecule has 0 aliphatic carbocycles. The zero-order valence-corrected chi connectivity index (χ0v) is 17.4. The second-order valence-corrected chi connectivity index (χ2v) is 8.95. The monoisotopic (exact) mass is 415 g/mol. The highest BCUT2D eigenvalue weighted by Gasteiger charge is 2.22. The maximum atomic E-state index is 12.9. The van der Waals surface area contributed by atoms with Gasteiger partial charge in [-0.15, -0.1) is 0 Å². The number of benzene rings is 2. The summed E-state index contributed by atoms with van der Waals surface area (Å²) in [6.07, 6.45) is 4.15. The van der Waals surface area contributed by atoms with E-state index in [1.165, 1.54) is 0 Å². The molecule has 2 N–H and O–H groups in total. The van der Waals surface area contributed by atoms with Crippen LogP contribution < -0.4 is 10.0 Å². The average molecular weight is 416 g/mol. The Balaban J connectivity index is 1.85. The van der Waals surface area contributed by atoms with Crippen LogP contribution in [0.1, 0.15) is 45.5 Å². The molecule has 7 nitrogen and oxygen atoms in total. The first-order chi connectivity index (χ1) is 13.8. The van der Waals surface area contributed by atoms with Crippen LogP contribution in [0.4, 0.5) is 11.4 Å². The summed E-state index contributed by atoms with van der Waals surface area (Å²) in [6.45, 7) is 3.12. The van der Waals surface area contributed by atoms with Crippen molar-refractivity contribution in [2.24, 2.45) is 0 Å². The molecule has 1 heterocycles. The van der Waals surface area contributed by atoms with Gasteiger partial charge in [-0.05, 0) is 56.0 Å². The van der Waals surface area contributed by atoms with Crippen molar-refractivity contribution >= 4 is 33.2 Å². The summed E-state index contributed by atoms with van der Waals surface area (Å²) in [5.74, 6) is -0.497. The lowest BCUT2D eigenvalue weighted by molar-refractivity contribution is 0.0725. The zero-order valence-electron chi connectivity index (χ0n) is 16.6. The van der Waals surface area contributed by atoms with E-state index in [0.717, 1.165) is 38.6 Å². The highest BCUT2D eigenvalue weighted by molar-refractivity contribution is 7.92. The first-order valence-corrected chi connectivity index (χ1v) is 11.4. The van der Waals surface area contributed by atoms with Gasteiger partial charge in [-0.25, -0.2) is 8.42 Å². The van der Waals surface area contributed by atoms with Crippen LogP contribution in [-0.2, 0) is 10.0 Å². The fourth-order valence-corrected chi connectivity index (χ4v) is 4.05. The van der Waals surface area contributed by atoms with Gasteiger partial charge in [0.1, 0.15) is 0 Å². The maximum absolute atomic E-state index is 12.9. The van der Waals surface area contributed by atoms with Crippen molar-refractivity contribution < 1.29 is 18.0 Å². The molecule has 29 heavy (non-hydrogen) atoms. The quantitative estimate of drug-likeness (QED) is 0.784. The lowest BCUT2D eigenvalue weighted by Crippen LogP contribution is -2.36. The van der Waals surface area contributed by atoms with Crippen molar-refractivity contribution in [1.82, 2.24) is 4.90 Å². The van der Waals surface area contributed by atoms with Crippen LogP contribution >= 0.6 is 0 Å². The van der Waals surface area contributed by atoms with Gasteiger partial charge in [-0.1, -0.05) is 18.2 Å². The van der Waals surface area contributed by atoms with Crippen LogP contribution in [0.15, 0.2) is 42.5 Å². The minimum Gasteiger partial charge on any atom is -0.339 e. The third-order valence-electron chi connectivity index (χ3n) is 4.92. The topological polar surface area (TPSA) is 95.6 Å². The van der Waals surface area contributed by atoms with E-state index in [1.54, 1.807) is 49.4 Å². The number of carbonyl (C=O) groups is 2. The summed E-state index contributed by atoms with van der Waals surface area (Å²) in [7, 11) is -3.46. The molecule has 1 fully saturated rings. The SMILES string of the molecule is Cc1c(NS(C)(=O)=O)cccc1C(=O)Nc1ccccc1C(=O)N1CCCCC1. The Morgan fingerprint density at radius 1 is 0.897 bits per heavy atom. The number of nitrogens with one attached hydrogen (secondary N) is 2. The van der Waals surface area contributed by atoms with E-state index in [1.807, 2.05) is 4.90 Å². The van der Waals surface area contributed by atoms with Crippen molar-refractivity contribution in [1.29, 1.82) is 0 Å². The van der Waals surface area contributed by atoms with E-state index in [9.17, 15) is 18.0 Å². The molecule has 0 radical (unpaired) electrons. The van der Waals surface area contributed by atoms with Gasteiger partial charge in [-0.3, -0.25) is 14.3 Å². The molecular weight excluding hydrogens is 390 g/mol. The van der Waals surface area contributed by atoms with Crippen LogP contribution in [0.5, 0.6) is 0 Å². The van der Waals surface area contributed by atoms with Gasteiger partial charge >= 0.3 is 0 Å². The van der Waals surface area contributed by atoms with E-state index >= 15 is 0 Å². The molecule has 0 bridgehead atoms. The number of sulfonamides is 1. The van der Waals surface area contributed by atoms with Gasteiger partial charge in [0.25, 0.3) is 11.8 Å². The predicted octanol–water partition coefficient (Wildman–Crippen LogP) is 3.24. The van der Waals surface area contributed by atoms with Gasteiger partial charge in [-0.2, -0.15) is 0 Å². The predicted molar refractivity (Wildman–Crippen MR) is 114 cm³/mol. The zero-order chi connectivity index (χ0) is 21.0. The molecule has 0 saturated carbocycles. The van der Waals surface area contributed by atoms with Gasteiger partial charge in [0.2, 0.25) is 10.0 Å². The van der Waals surface area contributed by atoms with E-state index in [0.29, 0.717) is 28.1 Å². The van der Waals surface area contributed by atoms with E-state index in [2.05, 4.69) is 10.0 Å². The molecule has 2 aromatic carbocycles. The fraction of sp³-hybridized carbons (Fsp3) is 0.333. The fourth-order valence-electron chi connectivity index (χ4n) is 3.43. The summed E-state index contributed by atoms with van der Waals surface area (Å²) in [4.78, 5) is 27.6. The number of likely N-dealkylation sites (tertiary alicyclic amines) is 1. The molecule has 0 atom stereocenters. The molecule has 0 unspecified atom stereocenters. The number of hydrogen-bond acceptors (Lipinski definition) is 4. The largest absolute Gasteiger partial charge is 0.339 e. The van der Waals surface area contributed by atoms with Gasteiger partial charge in [0.05, 0.1) is 23.2 Å². The first-order valence-electron chi connectivity index (χ1n) is 9.53. The van der Waals surface area contributed by atoms with Crippen LogP contribution in [0.2, 0.25) is 0 Å². The number of amides is 2. The van der Waals surface area contributed by atoms with Crippen molar-refractivity contribution in [2.75, 3.05) is 29.4 Å². The van der Waals surface area contributed by atoms with Crippen LogP contribution in [0.3, 0.4) is 0 Å². The summed E-state index contributed by atoms with van der Waals surface area (Å²) in [5.41, 5.74) is 2.08. The third kappa shape index (κ3) is 5.14. The van der Waals surface area contributed by atoms with Gasteiger partial charge in [0.15, 0.2) is 0 Å². The lowest BCUT2D eigenvalue weighted by atomic mass is 10.0. The van der Waals surface area contributed by atoms with Crippen molar-refractivity contribution in [3.8, 4) is 0 Å². The number of para-hydroxylation sites is 1. The summed E-state index contributed by atoms with van der Waals surface area (Å²) >= 11 is 0. The molecule has 0 aromatic heterocycles. The van der Waals surface area contributed by atoms with Crippen LogP contribution in [-0.4, -0.2) is 44.5 Å². The molecule has 0 spiro atoms. The van der Waals surface area contributed by atoms with Gasteiger partial charge in [0, 0.05) is 18.7 Å². The van der Waals surface area contributed by atoms with E-state index in [4.69, 9.17) is 0 Å². The molecular formula is C21H25N3O4S. The Labute approximate surface area is 171 Å². The lowest BCUT2D eigenvalue weighted by Gasteiger charge is -2.27. The highest BCUT2D eigenvalue weighted by Crippen LogP contribution is 2.24. The normalized spacial score (nSPS) is 14.3. The Morgan fingerprint density at radius 3 is 2.21 bits per heavy atom. The first kappa shape index (κ1) is 20.9. The third-order valence-corrected chi connectivity index (χ3v) is 5.51. The minimum absolute atomic E-state index is 0.0928. The molecule has 8 heteroatoms. The Kier molecular flexibility index (Phi) is 6.22. The second-order valence-electron chi connectivity index (χ2n) is 7.20. The average Bonchev–Trinajstić information content (AvgIpc) is 2.69. The highest BCUT2D eigenvalue weighted by atomic mass is 32.2. The number of anilines is 2. The number of nitrogens with zero attached hydrogens (tertiary/aromatic N) is 1. The van der Waals surface area contributed by atoms with Crippen molar-refractivity contribution in [3.05, 3.63) is 59.2 Å². The van der Waals surface area contributed by atoms with Crippen LogP contribution in [0.25, 0.3) is 0 Å². The van der Waals surface area contributed by atoms with Gasteiger partial charge < -0.3 is 10.2 Å². The number of carbonyl (C=O) groups excluding carboxylic acids is 2.